The van der Waals surface area contributed by atoms with Crippen molar-refractivity contribution in [2.75, 3.05) is 33.0 Å². The Morgan fingerprint density at radius 3 is 1.83 bits per heavy atom. The van der Waals surface area contributed by atoms with E-state index < -0.39 is 75.6 Å². The lowest BCUT2D eigenvalue weighted by atomic mass is 9.99. The van der Waals surface area contributed by atoms with Crippen molar-refractivity contribution in [1.82, 2.24) is 0 Å². The molecule has 1 rings (SSSR count). The van der Waals surface area contributed by atoms with Gasteiger partial charge in [0.1, 0.15) is 36.6 Å². The number of aliphatic hydroxyl groups is 7. The second kappa shape index (κ2) is 20.5. The molecule has 0 aliphatic carbocycles. The summed E-state index contributed by atoms with van der Waals surface area (Å²) in [6.45, 7) is -0.0778. The molecule has 0 aromatic heterocycles. The van der Waals surface area contributed by atoms with Gasteiger partial charge in [0.15, 0.2) is 12.6 Å². The van der Waals surface area contributed by atoms with Gasteiger partial charge in [-0.05, 0) is 6.42 Å². The van der Waals surface area contributed by atoms with Crippen LogP contribution in [0.15, 0.2) is 0 Å². The molecule has 7 N–H and O–H groups in total. The highest BCUT2D eigenvalue weighted by atomic mass is 16.7. The van der Waals surface area contributed by atoms with Crippen LogP contribution in [0.25, 0.3) is 0 Å². The van der Waals surface area contributed by atoms with Gasteiger partial charge in [-0.15, -0.1) is 0 Å². The average molecular weight is 527 g/mol. The molecule has 11 heteroatoms. The molecule has 1 heterocycles. The molecular weight excluding hydrogens is 476 g/mol. The zero-order valence-corrected chi connectivity index (χ0v) is 21.7. The van der Waals surface area contributed by atoms with Gasteiger partial charge in [0.25, 0.3) is 0 Å². The van der Waals surface area contributed by atoms with E-state index in [1.54, 1.807) is 0 Å². The van der Waals surface area contributed by atoms with Crippen molar-refractivity contribution in [2.45, 2.75) is 127 Å². The molecule has 11 nitrogen and oxygen atoms in total. The maximum atomic E-state index is 10.6. The van der Waals surface area contributed by atoms with Gasteiger partial charge in [0, 0.05) is 6.61 Å². The van der Waals surface area contributed by atoms with Crippen LogP contribution in [0, 0.1) is 0 Å². The zero-order chi connectivity index (χ0) is 26.8. The number of hydrogen-bond acceptors (Lipinski definition) is 11. The number of unbranched alkanes of at least 4 members (excludes halogenated alkanes) is 10. The molecule has 1 saturated heterocycles. The highest BCUT2D eigenvalue weighted by molar-refractivity contribution is 4.90. The topological polar surface area (TPSA) is 179 Å². The third kappa shape index (κ3) is 12.4. The number of ether oxygens (including phenoxy) is 4. The first-order chi connectivity index (χ1) is 17.4. The van der Waals surface area contributed by atoms with Gasteiger partial charge in [0.2, 0.25) is 0 Å². The first kappa shape index (κ1) is 33.6. The molecule has 36 heavy (non-hydrogen) atoms. The molecule has 1 aliphatic rings. The Labute approximate surface area is 215 Å². The SMILES string of the molecule is CCCCCCCCCCCCCOC1OC(CO)[C@H](OC(CO)OC(CO)[C@H](O)CO)C(O)[C@H]1O. The predicted octanol–water partition coefficient (Wildman–Crippen LogP) is 0.187. The second-order valence-corrected chi connectivity index (χ2v) is 9.43. The Morgan fingerprint density at radius 2 is 1.33 bits per heavy atom. The molecule has 0 bridgehead atoms. The van der Waals surface area contributed by atoms with Gasteiger partial charge < -0.3 is 54.7 Å². The van der Waals surface area contributed by atoms with Gasteiger partial charge >= 0.3 is 0 Å². The van der Waals surface area contributed by atoms with Crippen molar-refractivity contribution in [3.63, 3.8) is 0 Å². The molecule has 0 aromatic carbocycles. The van der Waals surface area contributed by atoms with Gasteiger partial charge in [-0.25, -0.2) is 0 Å². The Balaban J connectivity index is 2.38. The van der Waals surface area contributed by atoms with Gasteiger partial charge in [-0.3, -0.25) is 0 Å². The van der Waals surface area contributed by atoms with E-state index >= 15 is 0 Å². The van der Waals surface area contributed by atoms with E-state index in [2.05, 4.69) is 6.92 Å². The summed E-state index contributed by atoms with van der Waals surface area (Å²) >= 11 is 0. The van der Waals surface area contributed by atoms with Crippen molar-refractivity contribution in [2.24, 2.45) is 0 Å². The van der Waals surface area contributed by atoms with E-state index in [4.69, 9.17) is 24.1 Å². The van der Waals surface area contributed by atoms with Gasteiger partial charge in [-0.1, -0.05) is 71.1 Å². The molecule has 0 saturated carbocycles. The largest absolute Gasteiger partial charge is 0.394 e. The summed E-state index contributed by atoms with van der Waals surface area (Å²) in [5.74, 6) is 0. The number of aliphatic hydroxyl groups excluding tert-OH is 7. The smallest absolute Gasteiger partial charge is 0.186 e. The quantitative estimate of drug-likeness (QED) is 0.0756. The minimum Gasteiger partial charge on any atom is -0.394 e. The summed E-state index contributed by atoms with van der Waals surface area (Å²) in [4.78, 5) is 0. The average Bonchev–Trinajstić information content (AvgIpc) is 2.89. The highest BCUT2D eigenvalue weighted by Gasteiger charge is 2.46. The summed E-state index contributed by atoms with van der Waals surface area (Å²) in [5.41, 5.74) is 0. The zero-order valence-electron chi connectivity index (χ0n) is 21.7. The van der Waals surface area contributed by atoms with E-state index in [1.165, 1.54) is 51.4 Å². The minimum atomic E-state index is -1.52. The monoisotopic (exact) mass is 526 g/mol. The minimum absolute atomic E-state index is 0.328. The molecular formula is C25H50O11. The van der Waals surface area contributed by atoms with E-state index in [-0.39, 0.29) is 0 Å². The van der Waals surface area contributed by atoms with Crippen molar-refractivity contribution in [1.29, 1.82) is 0 Å². The molecule has 5 unspecified atom stereocenters. The van der Waals surface area contributed by atoms with Crippen molar-refractivity contribution >= 4 is 0 Å². The predicted molar refractivity (Wildman–Crippen MR) is 131 cm³/mol. The van der Waals surface area contributed by atoms with Crippen molar-refractivity contribution < 1.29 is 54.7 Å². The van der Waals surface area contributed by atoms with Crippen LogP contribution in [0.3, 0.4) is 0 Å². The maximum absolute atomic E-state index is 10.6. The second-order valence-electron chi connectivity index (χ2n) is 9.43. The summed E-state index contributed by atoms with van der Waals surface area (Å²) < 4.78 is 22.0. The highest BCUT2D eigenvalue weighted by Crippen LogP contribution is 2.26. The summed E-state index contributed by atoms with van der Waals surface area (Å²) in [6, 6.07) is 0. The molecule has 1 fully saturated rings. The van der Waals surface area contributed by atoms with E-state index in [9.17, 15) is 30.6 Å². The van der Waals surface area contributed by atoms with E-state index in [1.807, 2.05) is 0 Å². The van der Waals surface area contributed by atoms with Crippen LogP contribution in [0.1, 0.15) is 77.6 Å². The van der Waals surface area contributed by atoms with E-state index in [0.29, 0.717) is 6.61 Å². The fourth-order valence-electron chi connectivity index (χ4n) is 4.19. The molecule has 0 amide bonds. The summed E-state index contributed by atoms with van der Waals surface area (Å²) in [5, 5.41) is 68.3. The normalized spacial score (nSPS) is 27.2. The summed E-state index contributed by atoms with van der Waals surface area (Å²) in [7, 11) is 0. The standard InChI is InChI=1S/C25H50O11/c1-2-3-4-5-6-7-8-9-10-11-12-13-33-25-23(32)22(31)24(20(16-28)35-25)36-21(17-29)34-19(15-27)18(30)14-26/h18-32H,2-17H2,1H3/t18-,19?,20?,21?,22?,23-,24+,25?/m1/s1. The van der Waals surface area contributed by atoms with Crippen LogP contribution in [-0.2, 0) is 18.9 Å². The third-order valence-electron chi connectivity index (χ3n) is 6.43. The van der Waals surface area contributed by atoms with Gasteiger partial charge in [0.05, 0.1) is 26.4 Å². The van der Waals surface area contributed by atoms with Crippen LogP contribution in [-0.4, -0.2) is 118 Å². The Bertz CT molecular complexity index is 510. The Hall–Kier alpha value is -0.440. The Kier molecular flexibility index (Phi) is 19.1. The molecule has 1 aliphatic heterocycles. The number of rotatable bonds is 22. The van der Waals surface area contributed by atoms with Crippen LogP contribution < -0.4 is 0 Å². The van der Waals surface area contributed by atoms with Gasteiger partial charge in [-0.2, -0.15) is 0 Å². The Morgan fingerprint density at radius 1 is 0.750 bits per heavy atom. The number of hydrogen-bond donors (Lipinski definition) is 7. The van der Waals surface area contributed by atoms with Crippen LogP contribution in [0.5, 0.6) is 0 Å². The first-order valence-corrected chi connectivity index (χ1v) is 13.5. The fraction of sp³-hybridized carbons (Fsp3) is 1.00. The van der Waals surface area contributed by atoms with E-state index in [0.717, 1.165) is 19.3 Å². The molecule has 216 valence electrons. The molecule has 8 atom stereocenters. The van der Waals surface area contributed by atoms with Crippen LogP contribution in [0.4, 0.5) is 0 Å². The van der Waals surface area contributed by atoms with Crippen LogP contribution >= 0.6 is 0 Å². The summed E-state index contributed by atoms with van der Waals surface area (Å²) in [6.07, 6.45) is 2.47. The lowest BCUT2D eigenvalue weighted by Gasteiger charge is -2.43. The lowest BCUT2D eigenvalue weighted by molar-refractivity contribution is -0.335. The lowest BCUT2D eigenvalue weighted by Crippen LogP contribution is -2.61. The molecule has 0 radical (unpaired) electrons. The molecule has 0 spiro atoms. The first-order valence-electron chi connectivity index (χ1n) is 13.5. The maximum Gasteiger partial charge on any atom is 0.186 e. The third-order valence-corrected chi connectivity index (χ3v) is 6.43. The van der Waals surface area contributed by atoms with Crippen molar-refractivity contribution in [3.05, 3.63) is 0 Å². The van der Waals surface area contributed by atoms with Crippen LogP contribution in [0.2, 0.25) is 0 Å². The van der Waals surface area contributed by atoms with Crippen molar-refractivity contribution in [3.8, 4) is 0 Å². The fourth-order valence-corrected chi connectivity index (χ4v) is 4.19. The molecule has 0 aromatic rings.